The molecule has 19 heavy (non-hydrogen) atoms. The van der Waals surface area contributed by atoms with E-state index in [9.17, 15) is 0 Å². The van der Waals surface area contributed by atoms with Crippen LogP contribution >= 0.6 is 0 Å². The molecule has 0 radical (unpaired) electrons. The van der Waals surface area contributed by atoms with Crippen LogP contribution in [0.15, 0.2) is 24.3 Å². The molecular formula is C14H24O4Si. The van der Waals surface area contributed by atoms with Crippen molar-refractivity contribution in [3.63, 3.8) is 0 Å². The van der Waals surface area contributed by atoms with Crippen molar-refractivity contribution in [1.82, 2.24) is 0 Å². The Bertz CT molecular complexity index is 336. The van der Waals surface area contributed by atoms with Gasteiger partial charge in [0.25, 0.3) is 0 Å². The van der Waals surface area contributed by atoms with Crippen molar-refractivity contribution in [2.24, 2.45) is 0 Å². The van der Waals surface area contributed by atoms with Crippen molar-refractivity contribution >= 4 is 14.0 Å². The molecule has 0 aromatic heterocycles. The third-order valence-corrected chi connectivity index (χ3v) is 5.57. The smallest absolute Gasteiger partial charge is 0.494 e. The zero-order chi connectivity index (χ0) is 14.1. The molecule has 0 aliphatic heterocycles. The first-order valence-corrected chi connectivity index (χ1v) is 8.60. The Labute approximate surface area is 117 Å². The third-order valence-electron chi connectivity index (χ3n) is 2.52. The summed E-state index contributed by atoms with van der Waals surface area (Å²) in [7, 11) is -2.77. The van der Waals surface area contributed by atoms with E-state index in [-0.39, 0.29) is 0 Å². The van der Waals surface area contributed by atoms with E-state index in [1.54, 1.807) is 0 Å². The second kappa shape index (κ2) is 8.32. The molecule has 0 spiro atoms. The summed E-state index contributed by atoms with van der Waals surface area (Å²) in [6.45, 7) is 10.2. The molecule has 0 bridgehead atoms. The van der Waals surface area contributed by atoms with Gasteiger partial charge in [-0.2, -0.15) is 0 Å². The number of ether oxygens (including phenoxy) is 1. The molecule has 1 aromatic rings. The van der Waals surface area contributed by atoms with E-state index >= 15 is 0 Å². The minimum atomic E-state index is -2.77. The lowest BCUT2D eigenvalue weighted by atomic mass is 10.3. The molecule has 0 atom stereocenters. The van der Waals surface area contributed by atoms with Gasteiger partial charge >= 0.3 is 8.80 Å². The van der Waals surface area contributed by atoms with Gasteiger partial charge in [-0.05, 0) is 39.8 Å². The molecule has 0 N–H and O–H groups in total. The Hall–Kier alpha value is -0.883. The Morgan fingerprint density at radius 2 is 1.21 bits per heavy atom. The highest BCUT2D eigenvalue weighted by Crippen LogP contribution is 2.14. The minimum absolute atomic E-state index is 0.569. The van der Waals surface area contributed by atoms with Gasteiger partial charge in [0.15, 0.2) is 0 Å². The zero-order valence-electron chi connectivity index (χ0n) is 12.3. The second-order valence-electron chi connectivity index (χ2n) is 3.81. The first-order valence-electron chi connectivity index (χ1n) is 6.87. The summed E-state index contributed by atoms with van der Waals surface area (Å²) in [6.07, 6.45) is 0. The lowest BCUT2D eigenvalue weighted by Crippen LogP contribution is -2.56. The Morgan fingerprint density at radius 1 is 0.737 bits per heavy atom. The van der Waals surface area contributed by atoms with Crippen LogP contribution in [0.2, 0.25) is 0 Å². The fraction of sp³-hybridized carbons (Fsp3) is 0.571. The maximum Gasteiger partial charge on any atom is 0.537 e. The Morgan fingerprint density at radius 3 is 1.58 bits per heavy atom. The van der Waals surface area contributed by atoms with E-state index in [4.69, 9.17) is 18.0 Å². The van der Waals surface area contributed by atoms with Crippen LogP contribution in [0.1, 0.15) is 27.7 Å². The van der Waals surface area contributed by atoms with Crippen LogP contribution in [0.5, 0.6) is 5.75 Å². The number of benzene rings is 1. The lowest BCUT2D eigenvalue weighted by molar-refractivity contribution is 0.0859. The van der Waals surface area contributed by atoms with Crippen LogP contribution in [0.4, 0.5) is 0 Å². The zero-order valence-corrected chi connectivity index (χ0v) is 13.3. The van der Waals surface area contributed by atoms with Crippen LogP contribution in [0, 0.1) is 0 Å². The first-order chi connectivity index (χ1) is 9.22. The van der Waals surface area contributed by atoms with Crippen molar-refractivity contribution in [3.05, 3.63) is 24.3 Å². The minimum Gasteiger partial charge on any atom is -0.494 e. The van der Waals surface area contributed by atoms with E-state index in [1.807, 2.05) is 52.0 Å². The number of rotatable bonds is 9. The average molecular weight is 284 g/mol. The van der Waals surface area contributed by atoms with Gasteiger partial charge < -0.3 is 18.0 Å². The predicted molar refractivity (Wildman–Crippen MR) is 77.9 cm³/mol. The van der Waals surface area contributed by atoms with Crippen molar-refractivity contribution in [2.45, 2.75) is 27.7 Å². The van der Waals surface area contributed by atoms with E-state index in [0.717, 1.165) is 10.9 Å². The normalized spacial score (nSPS) is 11.6. The van der Waals surface area contributed by atoms with Crippen molar-refractivity contribution in [3.8, 4) is 5.75 Å². The summed E-state index contributed by atoms with van der Waals surface area (Å²) >= 11 is 0. The molecule has 0 unspecified atom stereocenters. The number of hydrogen-bond donors (Lipinski definition) is 0. The highest BCUT2D eigenvalue weighted by atomic mass is 28.4. The summed E-state index contributed by atoms with van der Waals surface area (Å²) in [5.74, 6) is 0.846. The maximum absolute atomic E-state index is 5.85. The largest absolute Gasteiger partial charge is 0.537 e. The standard InChI is InChI=1S/C14H24O4Si/c1-5-15-13-9-11-14(12-10-13)19(16-6-2,17-7-3)18-8-4/h9-12H,5-8H2,1-4H3. The molecule has 108 valence electrons. The van der Waals surface area contributed by atoms with Gasteiger partial charge in [-0.15, -0.1) is 0 Å². The quantitative estimate of drug-likeness (QED) is 0.652. The highest BCUT2D eigenvalue weighted by Gasteiger charge is 2.43. The summed E-state index contributed by atoms with van der Waals surface area (Å²) < 4.78 is 23.0. The summed E-state index contributed by atoms with van der Waals surface area (Å²) in [4.78, 5) is 0. The molecule has 0 amide bonds. The van der Waals surface area contributed by atoms with Crippen LogP contribution in [0.25, 0.3) is 0 Å². The monoisotopic (exact) mass is 284 g/mol. The summed E-state index contributed by atoms with van der Waals surface area (Å²) in [6, 6.07) is 7.80. The highest BCUT2D eigenvalue weighted by molar-refractivity contribution is 6.75. The predicted octanol–water partition coefficient (Wildman–Crippen LogP) is 2.34. The van der Waals surface area contributed by atoms with E-state index < -0.39 is 8.80 Å². The molecular weight excluding hydrogens is 260 g/mol. The Kier molecular flexibility index (Phi) is 7.08. The first kappa shape index (κ1) is 16.2. The molecule has 0 saturated heterocycles. The van der Waals surface area contributed by atoms with Crippen LogP contribution in [0.3, 0.4) is 0 Å². The molecule has 0 heterocycles. The molecule has 5 heteroatoms. The van der Waals surface area contributed by atoms with Gasteiger partial charge in [0.05, 0.1) is 6.61 Å². The van der Waals surface area contributed by atoms with E-state index in [1.165, 1.54) is 0 Å². The van der Waals surface area contributed by atoms with Crippen LogP contribution < -0.4 is 9.92 Å². The third kappa shape index (κ3) is 4.31. The van der Waals surface area contributed by atoms with Gasteiger partial charge in [0.2, 0.25) is 0 Å². The Balaban J connectivity index is 3.00. The second-order valence-corrected chi connectivity index (χ2v) is 6.37. The fourth-order valence-corrected chi connectivity index (χ4v) is 4.33. The SMILES string of the molecule is CCOc1ccc([Si](OCC)(OCC)OCC)cc1. The van der Waals surface area contributed by atoms with E-state index in [0.29, 0.717) is 26.4 Å². The van der Waals surface area contributed by atoms with Crippen LogP contribution in [-0.2, 0) is 13.3 Å². The lowest BCUT2D eigenvalue weighted by Gasteiger charge is -2.28. The molecule has 0 saturated carbocycles. The van der Waals surface area contributed by atoms with E-state index in [2.05, 4.69) is 0 Å². The van der Waals surface area contributed by atoms with Gasteiger partial charge in [-0.25, -0.2) is 0 Å². The topological polar surface area (TPSA) is 36.9 Å². The van der Waals surface area contributed by atoms with Gasteiger partial charge in [0, 0.05) is 25.0 Å². The van der Waals surface area contributed by atoms with Crippen molar-refractivity contribution in [2.75, 3.05) is 26.4 Å². The molecule has 0 aliphatic rings. The van der Waals surface area contributed by atoms with Gasteiger partial charge in [0.1, 0.15) is 5.75 Å². The average Bonchev–Trinajstić information content (AvgIpc) is 2.41. The summed E-state index contributed by atoms with van der Waals surface area (Å²) in [5.41, 5.74) is 0. The summed E-state index contributed by atoms with van der Waals surface area (Å²) in [5, 5.41) is 0.974. The van der Waals surface area contributed by atoms with Gasteiger partial charge in [-0.1, -0.05) is 12.1 Å². The van der Waals surface area contributed by atoms with Crippen molar-refractivity contribution < 1.29 is 18.0 Å². The molecule has 1 rings (SSSR count). The molecule has 4 nitrogen and oxygen atoms in total. The van der Waals surface area contributed by atoms with Gasteiger partial charge in [-0.3, -0.25) is 0 Å². The maximum atomic E-state index is 5.85. The number of hydrogen-bond acceptors (Lipinski definition) is 4. The molecule has 0 fully saturated rings. The fourth-order valence-electron chi connectivity index (χ4n) is 1.87. The van der Waals surface area contributed by atoms with Crippen molar-refractivity contribution in [1.29, 1.82) is 0 Å². The molecule has 1 aromatic carbocycles. The molecule has 0 aliphatic carbocycles. The van der Waals surface area contributed by atoms with Crippen LogP contribution in [-0.4, -0.2) is 35.2 Å².